The van der Waals surface area contributed by atoms with Crippen molar-refractivity contribution in [3.8, 4) is 11.5 Å². The number of benzene rings is 2. The summed E-state index contributed by atoms with van der Waals surface area (Å²) >= 11 is 0. The Morgan fingerprint density at radius 1 is 1.18 bits per heavy atom. The van der Waals surface area contributed by atoms with E-state index in [2.05, 4.69) is 5.32 Å². The summed E-state index contributed by atoms with van der Waals surface area (Å²) in [5, 5.41) is 2.74. The molecular formula is C21H24N2O5. The quantitative estimate of drug-likeness (QED) is 0.794. The van der Waals surface area contributed by atoms with Crippen molar-refractivity contribution in [2.75, 3.05) is 31.7 Å². The second kappa shape index (κ2) is 8.65. The summed E-state index contributed by atoms with van der Waals surface area (Å²) in [4.78, 5) is 25.8. The van der Waals surface area contributed by atoms with Crippen molar-refractivity contribution in [1.29, 1.82) is 0 Å². The van der Waals surface area contributed by atoms with Crippen molar-refractivity contribution >= 4 is 17.7 Å². The average Bonchev–Trinajstić information content (AvgIpc) is 3.07. The van der Waals surface area contributed by atoms with Crippen molar-refractivity contribution in [2.24, 2.45) is 0 Å². The number of methoxy groups -OCH3 is 1. The Morgan fingerprint density at radius 3 is 2.64 bits per heavy atom. The highest BCUT2D eigenvalue weighted by molar-refractivity contribution is 5.90. The number of amides is 2. The average molecular weight is 384 g/mol. The largest absolute Gasteiger partial charge is 0.493 e. The minimum atomic E-state index is -0.413. The van der Waals surface area contributed by atoms with Gasteiger partial charge in [0.2, 0.25) is 0 Å². The molecule has 2 aromatic rings. The number of aryl methyl sites for hydroxylation is 2. The van der Waals surface area contributed by atoms with Crippen LogP contribution in [0.2, 0.25) is 0 Å². The maximum Gasteiger partial charge on any atom is 0.414 e. The molecule has 7 nitrogen and oxygen atoms in total. The molecule has 1 heterocycles. The first kappa shape index (κ1) is 19.5. The topological polar surface area (TPSA) is 77.1 Å². The van der Waals surface area contributed by atoms with Gasteiger partial charge in [-0.25, -0.2) is 4.79 Å². The van der Waals surface area contributed by atoms with E-state index < -0.39 is 12.2 Å². The molecule has 7 heteroatoms. The van der Waals surface area contributed by atoms with Gasteiger partial charge < -0.3 is 19.5 Å². The second-order valence-electron chi connectivity index (χ2n) is 6.63. The van der Waals surface area contributed by atoms with Crippen molar-refractivity contribution in [1.82, 2.24) is 5.32 Å². The van der Waals surface area contributed by atoms with E-state index in [0.717, 1.165) is 16.8 Å². The summed E-state index contributed by atoms with van der Waals surface area (Å²) in [5.74, 6) is 0.754. The lowest BCUT2D eigenvalue weighted by Gasteiger charge is -2.15. The first-order chi connectivity index (χ1) is 13.5. The van der Waals surface area contributed by atoms with E-state index in [1.165, 1.54) is 7.11 Å². The fourth-order valence-corrected chi connectivity index (χ4v) is 2.89. The second-order valence-corrected chi connectivity index (χ2v) is 6.63. The maximum absolute atomic E-state index is 12.2. The molecule has 1 atom stereocenters. The van der Waals surface area contributed by atoms with Gasteiger partial charge >= 0.3 is 6.09 Å². The number of para-hydroxylation sites is 2. The molecule has 2 aromatic carbocycles. The third-order valence-electron chi connectivity index (χ3n) is 4.63. The van der Waals surface area contributed by atoms with Crippen LogP contribution in [0.15, 0.2) is 42.5 Å². The Morgan fingerprint density at radius 2 is 1.93 bits per heavy atom. The molecule has 0 aliphatic carbocycles. The number of carbonyl (C=O) groups excluding carboxylic acids is 2. The molecule has 0 spiro atoms. The third kappa shape index (κ3) is 4.54. The molecule has 0 saturated carbocycles. The maximum atomic E-state index is 12.2. The molecule has 1 unspecified atom stereocenters. The minimum absolute atomic E-state index is 0.151. The molecule has 3 rings (SSSR count). The van der Waals surface area contributed by atoms with Gasteiger partial charge in [-0.2, -0.15) is 0 Å². The molecule has 1 aliphatic heterocycles. The number of hydrogen-bond acceptors (Lipinski definition) is 5. The number of rotatable bonds is 7. The molecule has 1 aliphatic rings. The lowest BCUT2D eigenvalue weighted by Crippen LogP contribution is -2.37. The molecule has 0 radical (unpaired) electrons. The molecule has 1 saturated heterocycles. The zero-order chi connectivity index (χ0) is 20.1. The first-order valence-electron chi connectivity index (χ1n) is 9.06. The van der Waals surface area contributed by atoms with E-state index >= 15 is 0 Å². The van der Waals surface area contributed by atoms with Crippen LogP contribution in [-0.2, 0) is 9.53 Å². The van der Waals surface area contributed by atoms with E-state index in [1.54, 1.807) is 23.1 Å². The molecule has 28 heavy (non-hydrogen) atoms. The Kier molecular flexibility index (Phi) is 6.03. The number of nitrogens with zero attached hydrogens (tertiary/aromatic N) is 1. The Hall–Kier alpha value is -3.22. The Balaban J connectivity index is 1.49. The van der Waals surface area contributed by atoms with Gasteiger partial charge in [0, 0.05) is 5.69 Å². The Labute approximate surface area is 164 Å². The van der Waals surface area contributed by atoms with Gasteiger partial charge in [0.25, 0.3) is 5.91 Å². The summed E-state index contributed by atoms with van der Waals surface area (Å²) in [7, 11) is 1.54. The summed E-state index contributed by atoms with van der Waals surface area (Å²) in [6.45, 7) is 4.48. The normalized spacial score (nSPS) is 15.9. The summed E-state index contributed by atoms with van der Waals surface area (Å²) in [6, 6.07) is 12.9. The highest BCUT2D eigenvalue weighted by Gasteiger charge is 2.32. The van der Waals surface area contributed by atoms with E-state index in [9.17, 15) is 9.59 Å². The van der Waals surface area contributed by atoms with Crippen molar-refractivity contribution in [2.45, 2.75) is 20.0 Å². The third-order valence-corrected chi connectivity index (χ3v) is 4.63. The van der Waals surface area contributed by atoms with Crippen LogP contribution in [0, 0.1) is 13.8 Å². The predicted octanol–water partition coefficient (Wildman–Crippen LogP) is 2.83. The van der Waals surface area contributed by atoms with Crippen molar-refractivity contribution in [3.63, 3.8) is 0 Å². The van der Waals surface area contributed by atoms with Gasteiger partial charge in [-0.3, -0.25) is 9.69 Å². The highest BCUT2D eigenvalue weighted by Crippen LogP contribution is 2.26. The Bertz CT molecular complexity index is 868. The van der Waals surface area contributed by atoms with Crippen LogP contribution in [0.25, 0.3) is 0 Å². The minimum Gasteiger partial charge on any atom is -0.493 e. The van der Waals surface area contributed by atoms with Gasteiger partial charge in [-0.15, -0.1) is 0 Å². The van der Waals surface area contributed by atoms with E-state index in [1.807, 2.05) is 38.1 Å². The number of carbonyl (C=O) groups is 2. The summed E-state index contributed by atoms with van der Waals surface area (Å²) < 4.78 is 16.0. The van der Waals surface area contributed by atoms with Crippen molar-refractivity contribution < 1.29 is 23.8 Å². The smallest absolute Gasteiger partial charge is 0.414 e. The van der Waals surface area contributed by atoms with Gasteiger partial charge in [-0.1, -0.05) is 18.2 Å². The molecular weight excluding hydrogens is 360 g/mol. The molecule has 1 N–H and O–H groups in total. The van der Waals surface area contributed by atoms with Crippen LogP contribution in [0.3, 0.4) is 0 Å². The lowest BCUT2D eigenvalue weighted by molar-refractivity contribution is -0.123. The monoisotopic (exact) mass is 384 g/mol. The predicted molar refractivity (Wildman–Crippen MR) is 105 cm³/mol. The fraction of sp³-hybridized carbons (Fsp3) is 0.333. The molecule has 1 fully saturated rings. The molecule has 0 aromatic heterocycles. The number of ether oxygens (including phenoxy) is 3. The highest BCUT2D eigenvalue weighted by atomic mass is 16.6. The van der Waals surface area contributed by atoms with Crippen LogP contribution >= 0.6 is 0 Å². The van der Waals surface area contributed by atoms with Crippen LogP contribution in [0.5, 0.6) is 11.5 Å². The van der Waals surface area contributed by atoms with Gasteiger partial charge in [-0.05, 0) is 49.2 Å². The van der Waals surface area contributed by atoms with Gasteiger partial charge in [0.05, 0.1) is 20.2 Å². The number of nitrogens with one attached hydrogen (secondary N) is 1. The zero-order valence-corrected chi connectivity index (χ0v) is 16.2. The number of cyclic esters (lactones) is 1. The van der Waals surface area contributed by atoms with Crippen LogP contribution in [0.1, 0.15) is 11.1 Å². The van der Waals surface area contributed by atoms with Crippen LogP contribution in [0.4, 0.5) is 10.5 Å². The summed E-state index contributed by atoms with van der Waals surface area (Å²) in [6.07, 6.45) is -0.822. The van der Waals surface area contributed by atoms with Crippen molar-refractivity contribution in [3.05, 3.63) is 53.6 Å². The lowest BCUT2D eigenvalue weighted by atomic mass is 10.1. The zero-order valence-electron chi connectivity index (χ0n) is 16.2. The number of hydrogen-bond donors (Lipinski definition) is 1. The molecule has 148 valence electrons. The SMILES string of the molecule is COc1ccccc1OCC(=O)NCC1CN(c2ccc(C)c(C)c2)C(=O)O1. The van der Waals surface area contributed by atoms with Crippen LogP contribution < -0.4 is 19.7 Å². The van der Waals surface area contributed by atoms with E-state index in [0.29, 0.717) is 18.0 Å². The van der Waals surface area contributed by atoms with Crippen LogP contribution in [-0.4, -0.2) is 44.9 Å². The standard InChI is InChI=1S/C21H24N2O5/c1-14-8-9-16(10-15(14)2)23-12-17(28-21(23)25)11-22-20(24)13-27-19-7-5-4-6-18(19)26-3/h4-10,17H,11-13H2,1-3H3,(H,22,24). The first-order valence-corrected chi connectivity index (χ1v) is 9.06. The van der Waals surface area contributed by atoms with Gasteiger partial charge in [0.15, 0.2) is 18.1 Å². The van der Waals surface area contributed by atoms with E-state index in [-0.39, 0.29) is 19.1 Å². The van der Waals surface area contributed by atoms with Gasteiger partial charge in [0.1, 0.15) is 6.10 Å². The molecule has 2 amide bonds. The molecule has 0 bridgehead atoms. The van der Waals surface area contributed by atoms with E-state index in [4.69, 9.17) is 14.2 Å². The number of anilines is 1. The summed E-state index contributed by atoms with van der Waals surface area (Å²) in [5.41, 5.74) is 3.06. The fourth-order valence-electron chi connectivity index (χ4n) is 2.89.